The van der Waals surface area contributed by atoms with Gasteiger partial charge in [-0.2, -0.15) is 5.26 Å². The van der Waals surface area contributed by atoms with Gasteiger partial charge in [0.25, 0.3) is 0 Å². The fourth-order valence-electron chi connectivity index (χ4n) is 2.16. The Labute approximate surface area is 124 Å². The van der Waals surface area contributed by atoms with Gasteiger partial charge in [-0.05, 0) is 39.3 Å². The van der Waals surface area contributed by atoms with Gasteiger partial charge >= 0.3 is 5.69 Å². The summed E-state index contributed by atoms with van der Waals surface area (Å²) in [6, 6.07) is 7.25. The van der Waals surface area contributed by atoms with Crippen LogP contribution in [0.5, 0.6) is 5.75 Å². The fourth-order valence-corrected chi connectivity index (χ4v) is 2.16. The van der Waals surface area contributed by atoms with Crippen LogP contribution in [0.4, 0.5) is 5.69 Å². The molecule has 0 aliphatic heterocycles. The highest BCUT2D eigenvalue weighted by atomic mass is 16.6. The second-order valence-electron chi connectivity index (χ2n) is 5.11. The molecule has 0 aromatic heterocycles. The van der Waals surface area contributed by atoms with Crippen molar-refractivity contribution in [2.75, 3.05) is 13.2 Å². The SMILES string of the molecule is CCNC(C)(C#N)CCCOc1cccc(C)c1[N+](=O)[O-]. The second kappa shape index (κ2) is 7.60. The van der Waals surface area contributed by atoms with E-state index in [1.165, 1.54) is 0 Å². The lowest BCUT2D eigenvalue weighted by atomic mass is 9.98. The van der Waals surface area contributed by atoms with Crippen molar-refractivity contribution in [1.82, 2.24) is 5.32 Å². The maximum atomic E-state index is 11.0. The molecule has 0 bridgehead atoms. The number of nitrogens with one attached hydrogen (secondary N) is 1. The average molecular weight is 291 g/mol. The molecule has 1 aromatic carbocycles. The second-order valence-corrected chi connectivity index (χ2v) is 5.11. The third kappa shape index (κ3) is 4.72. The van der Waals surface area contributed by atoms with E-state index in [1.807, 2.05) is 13.8 Å². The fraction of sp³-hybridized carbons (Fsp3) is 0.533. The number of nitro groups is 1. The number of ether oxygens (including phenoxy) is 1. The monoisotopic (exact) mass is 291 g/mol. The minimum absolute atomic E-state index is 0.00669. The number of hydrogen-bond acceptors (Lipinski definition) is 5. The summed E-state index contributed by atoms with van der Waals surface area (Å²) in [7, 11) is 0. The molecular formula is C15H21N3O3. The standard InChI is InChI=1S/C15H21N3O3/c1-4-17-15(3,11-16)9-6-10-21-13-8-5-7-12(2)14(13)18(19)20/h5,7-8,17H,4,6,9-10H2,1-3H3. The van der Waals surface area contributed by atoms with Gasteiger partial charge in [0, 0.05) is 5.56 Å². The Hall–Kier alpha value is -2.13. The van der Waals surface area contributed by atoms with Crippen molar-refractivity contribution in [2.24, 2.45) is 0 Å². The lowest BCUT2D eigenvalue weighted by Gasteiger charge is -2.22. The third-order valence-electron chi connectivity index (χ3n) is 3.28. The zero-order chi connectivity index (χ0) is 15.9. The Bertz CT molecular complexity index is 539. The molecule has 0 saturated heterocycles. The van der Waals surface area contributed by atoms with E-state index in [1.54, 1.807) is 25.1 Å². The first-order valence-electron chi connectivity index (χ1n) is 6.96. The van der Waals surface area contributed by atoms with Gasteiger partial charge in [0.15, 0.2) is 5.75 Å². The number of nitrogens with zero attached hydrogens (tertiary/aromatic N) is 2. The topological polar surface area (TPSA) is 88.2 Å². The molecule has 0 spiro atoms. The molecule has 0 amide bonds. The first-order valence-corrected chi connectivity index (χ1v) is 6.96. The van der Waals surface area contributed by atoms with E-state index in [4.69, 9.17) is 10.00 Å². The average Bonchev–Trinajstić information content (AvgIpc) is 2.43. The van der Waals surface area contributed by atoms with Gasteiger partial charge in [-0.15, -0.1) is 0 Å². The lowest BCUT2D eigenvalue weighted by molar-refractivity contribution is -0.386. The van der Waals surface area contributed by atoms with Crippen LogP contribution < -0.4 is 10.1 Å². The highest BCUT2D eigenvalue weighted by molar-refractivity contribution is 5.51. The molecule has 1 rings (SSSR count). The summed E-state index contributed by atoms with van der Waals surface area (Å²) in [5.74, 6) is 0.280. The summed E-state index contributed by atoms with van der Waals surface area (Å²) >= 11 is 0. The summed E-state index contributed by atoms with van der Waals surface area (Å²) in [5, 5.41) is 23.3. The Morgan fingerprint density at radius 1 is 1.52 bits per heavy atom. The smallest absolute Gasteiger partial charge is 0.313 e. The van der Waals surface area contributed by atoms with Crippen molar-refractivity contribution in [3.63, 3.8) is 0 Å². The summed E-state index contributed by atoms with van der Waals surface area (Å²) in [4.78, 5) is 10.6. The largest absolute Gasteiger partial charge is 0.487 e. The van der Waals surface area contributed by atoms with E-state index in [2.05, 4.69) is 11.4 Å². The van der Waals surface area contributed by atoms with Gasteiger partial charge in [0.05, 0.1) is 17.6 Å². The molecule has 0 saturated carbocycles. The van der Waals surface area contributed by atoms with E-state index >= 15 is 0 Å². The number of hydrogen-bond donors (Lipinski definition) is 1. The maximum Gasteiger partial charge on any atom is 0.313 e. The van der Waals surface area contributed by atoms with Crippen LogP contribution in [0.2, 0.25) is 0 Å². The summed E-state index contributed by atoms with van der Waals surface area (Å²) in [5.41, 5.74) is -0.00403. The van der Waals surface area contributed by atoms with Crippen LogP contribution in [0.15, 0.2) is 18.2 Å². The van der Waals surface area contributed by atoms with E-state index in [-0.39, 0.29) is 11.4 Å². The van der Waals surface area contributed by atoms with E-state index in [0.29, 0.717) is 31.6 Å². The Morgan fingerprint density at radius 3 is 2.81 bits per heavy atom. The number of para-hydroxylation sites is 1. The predicted octanol–water partition coefficient (Wildman–Crippen LogP) is 2.95. The predicted molar refractivity (Wildman–Crippen MR) is 80.3 cm³/mol. The van der Waals surface area contributed by atoms with Crippen molar-refractivity contribution in [2.45, 2.75) is 39.2 Å². The number of nitro benzene ring substituents is 1. The molecule has 1 N–H and O–H groups in total. The van der Waals surface area contributed by atoms with Gasteiger partial charge in [-0.1, -0.05) is 19.1 Å². The molecule has 0 aliphatic rings. The molecule has 21 heavy (non-hydrogen) atoms. The highest BCUT2D eigenvalue weighted by Gasteiger charge is 2.22. The first kappa shape index (κ1) is 16.9. The zero-order valence-electron chi connectivity index (χ0n) is 12.7. The van der Waals surface area contributed by atoms with Crippen LogP contribution in [0, 0.1) is 28.4 Å². The summed E-state index contributed by atoms with van der Waals surface area (Å²) < 4.78 is 5.52. The highest BCUT2D eigenvalue weighted by Crippen LogP contribution is 2.30. The molecule has 0 heterocycles. The zero-order valence-corrected chi connectivity index (χ0v) is 12.7. The van der Waals surface area contributed by atoms with Crippen LogP contribution in [-0.2, 0) is 0 Å². The Balaban J connectivity index is 2.60. The van der Waals surface area contributed by atoms with Crippen LogP contribution in [0.25, 0.3) is 0 Å². The van der Waals surface area contributed by atoms with Crippen molar-refractivity contribution >= 4 is 5.69 Å². The third-order valence-corrected chi connectivity index (χ3v) is 3.28. The lowest BCUT2D eigenvalue weighted by Crippen LogP contribution is -2.40. The number of rotatable bonds is 8. The molecule has 114 valence electrons. The van der Waals surface area contributed by atoms with Gasteiger partial charge in [0.1, 0.15) is 5.54 Å². The van der Waals surface area contributed by atoms with Crippen LogP contribution in [0.1, 0.15) is 32.3 Å². The van der Waals surface area contributed by atoms with Crippen molar-refractivity contribution < 1.29 is 9.66 Å². The summed E-state index contributed by atoms with van der Waals surface area (Å²) in [6.07, 6.45) is 1.26. The normalized spacial score (nSPS) is 13.2. The molecule has 1 aromatic rings. The molecular weight excluding hydrogens is 270 g/mol. The van der Waals surface area contributed by atoms with E-state index < -0.39 is 10.5 Å². The minimum atomic E-state index is -0.587. The molecule has 6 nitrogen and oxygen atoms in total. The quantitative estimate of drug-likeness (QED) is 0.452. The molecule has 0 radical (unpaired) electrons. The van der Waals surface area contributed by atoms with E-state index in [0.717, 1.165) is 0 Å². The van der Waals surface area contributed by atoms with E-state index in [9.17, 15) is 10.1 Å². The van der Waals surface area contributed by atoms with Gasteiger partial charge in [-0.3, -0.25) is 15.4 Å². The molecule has 0 fully saturated rings. The molecule has 1 atom stereocenters. The number of nitriles is 1. The van der Waals surface area contributed by atoms with Gasteiger partial charge in [-0.25, -0.2) is 0 Å². The maximum absolute atomic E-state index is 11.0. The number of benzene rings is 1. The van der Waals surface area contributed by atoms with Gasteiger partial charge < -0.3 is 4.74 Å². The summed E-state index contributed by atoms with van der Waals surface area (Å²) in [6.45, 7) is 6.53. The molecule has 0 aliphatic carbocycles. The molecule has 6 heteroatoms. The van der Waals surface area contributed by atoms with Crippen LogP contribution in [0.3, 0.4) is 0 Å². The Morgan fingerprint density at radius 2 is 2.24 bits per heavy atom. The Kier molecular flexibility index (Phi) is 6.12. The molecule has 1 unspecified atom stereocenters. The first-order chi connectivity index (χ1) is 9.93. The van der Waals surface area contributed by atoms with Crippen LogP contribution in [-0.4, -0.2) is 23.6 Å². The van der Waals surface area contributed by atoms with Gasteiger partial charge in [0.2, 0.25) is 0 Å². The van der Waals surface area contributed by atoms with Crippen molar-refractivity contribution in [1.29, 1.82) is 5.26 Å². The van der Waals surface area contributed by atoms with Crippen molar-refractivity contribution in [3.05, 3.63) is 33.9 Å². The van der Waals surface area contributed by atoms with Crippen molar-refractivity contribution in [3.8, 4) is 11.8 Å². The minimum Gasteiger partial charge on any atom is -0.487 e. The number of aryl methyl sites for hydroxylation is 1. The van der Waals surface area contributed by atoms with Crippen LogP contribution >= 0.6 is 0 Å².